The Morgan fingerprint density at radius 2 is 1.81 bits per heavy atom. The molecule has 3 rings (SSSR count). The van der Waals surface area contributed by atoms with Crippen LogP contribution in [0, 0.1) is 15.9 Å². The van der Waals surface area contributed by atoms with E-state index in [1.54, 1.807) is 0 Å². The van der Waals surface area contributed by atoms with E-state index in [-0.39, 0.29) is 21.5 Å². The summed E-state index contributed by atoms with van der Waals surface area (Å²) in [6, 6.07) is 7.03. The summed E-state index contributed by atoms with van der Waals surface area (Å²) >= 11 is 5.81. The van der Waals surface area contributed by atoms with E-state index in [1.165, 1.54) is 36.7 Å². The Labute approximate surface area is 222 Å². The lowest BCUT2D eigenvalue weighted by molar-refractivity contribution is -0.385. The van der Waals surface area contributed by atoms with Gasteiger partial charge in [0.15, 0.2) is 19.9 Å². The molecule has 0 radical (unpaired) electrons. The Hall–Kier alpha value is -3.02. The van der Waals surface area contributed by atoms with Crippen LogP contribution in [-0.4, -0.2) is 36.4 Å². The predicted molar refractivity (Wildman–Crippen MR) is 147 cm³/mol. The summed E-state index contributed by atoms with van der Waals surface area (Å²) in [5.41, 5.74) is 6.51. The highest BCUT2D eigenvalue weighted by Crippen LogP contribution is 2.37. The molecule has 0 fully saturated rings. The molecule has 0 saturated carbocycles. The van der Waals surface area contributed by atoms with Gasteiger partial charge in [-0.1, -0.05) is 32.4 Å². The molecule has 12 heteroatoms. The van der Waals surface area contributed by atoms with Crippen LogP contribution in [-0.2, 0) is 4.43 Å². The maximum absolute atomic E-state index is 13.4. The van der Waals surface area contributed by atoms with Gasteiger partial charge in [-0.15, -0.1) is 0 Å². The molecule has 1 heterocycles. The van der Waals surface area contributed by atoms with E-state index < -0.39 is 19.1 Å². The zero-order chi connectivity index (χ0) is 27.2. The van der Waals surface area contributed by atoms with Crippen LogP contribution in [0.2, 0.25) is 23.2 Å². The van der Waals surface area contributed by atoms with Gasteiger partial charge in [-0.3, -0.25) is 21.0 Å². The van der Waals surface area contributed by atoms with Crippen LogP contribution in [0.4, 0.5) is 21.6 Å². The number of nitrogens with one attached hydrogen (secondary N) is 2. The molecule has 0 amide bonds. The number of nitro benzene ring substituents is 1. The number of nitrogens with zero attached hydrogens (tertiary/aromatic N) is 3. The number of hydrogen-bond donors (Lipinski definition) is 2. The smallest absolute Gasteiger partial charge is 0.311 e. The molecule has 0 spiro atoms. The van der Waals surface area contributed by atoms with Crippen LogP contribution in [0.1, 0.15) is 40.0 Å². The number of nitro groups is 1. The summed E-state index contributed by atoms with van der Waals surface area (Å²) < 4.78 is 25.4. The van der Waals surface area contributed by atoms with Gasteiger partial charge in [-0.2, -0.15) is 0 Å². The Bertz CT molecular complexity index is 1260. The zero-order valence-corrected chi connectivity index (χ0v) is 23.5. The molecular formula is C25H33ClFN5O4Si. The summed E-state index contributed by atoms with van der Waals surface area (Å²) in [5.74, 6) is -0.0814. The van der Waals surface area contributed by atoms with Crippen LogP contribution in [0.3, 0.4) is 0 Å². The molecule has 0 aliphatic rings. The van der Waals surface area contributed by atoms with E-state index >= 15 is 0 Å². The van der Waals surface area contributed by atoms with Gasteiger partial charge in [-0.05, 0) is 55.6 Å². The first-order valence-corrected chi connectivity index (χ1v) is 15.3. The summed E-state index contributed by atoms with van der Waals surface area (Å²) in [5, 5.41) is 12.3. The van der Waals surface area contributed by atoms with Crippen molar-refractivity contribution < 1.29 is 18.5 Å². The number of halogens is 2. The lowest BCUT2D eigenvalue weighted by Gasteiger charge is -2.36. The van der Waals surface area contributed by atoms with Gasteiger partial charge in [0.1, 0.15) is 12.1 Å². The number of aromatic nitrogens is 2. The Morgan fingerprint density at radius 3 is 2.49 bits per heavy atom. The number of benzene rings is 2. The number of unbranched alkanes of at least 4 members (excludes halogenated alkanes) is 2. The minimum atomic E-state index is -1.76. The third kappa shape index (κ3) is 7.49. The number of fused-ring (bicyclic) bond motifs is 1. The molecule has 2 aromatic carbocycles. The van der Waals surface area contributed by atoms with Crippen molar-refractivity contribution in [1.29, 1.82) is 0 Å². The topological polar surface area (TPSA) is 111 Å². The second-order valence-electron chi connectivity index (χ2n) is 10.2. The highest BCUT2D eigenvalue weighted by molar-refractivity contribution is 6.74. The highest BCUT2D eigenvalue weighted by atomic mass is 35.5. The Morgan fingerprint density at radius 1 is 1.08 bits per heavy atom. The third-order valence-electron chi connectivity index (χ3n) is 6.47. The fourth-order valence-electron chi connectivity index (χ4n) is 3.24. The van der Waals surface area contributed by atoms with Crippen LogP contribution in [0.15, 0.2) is 36.7 Å². The number of anilines is 2. The van der Waals surface area contributed by atoms with E-state index in [9.17, 15) is 14.5 Å². The second-order valence-corrected chi connectivity index (χ2v) is 15.4. The SMILES string of the molecule is CC(C)(C)[Si](C)(C)OCCCCCOc1cc2ncnc(NNc3ccc(F)c(Cl)c3)c2cc1[N+](=O)[O-]. The first kappa shape index (κ1) is 28.5. The monoisotopic (exact) mass is 549 g/mol. The summed E-state index contributed by atoms with van der Waals surface area (Å²) in [7, 11) is -1.76. The lowest BCUT2D eigenvalue weighted by Crippen LogP contribution is -2.40. The quantitative estimate of drug-likeness (QED) is 0.104. The summed E-state index contributed by atoms with van der Waals surface area (Å²) in [6.07, 6.45) is 3.88. The van der Waals surface area contributed by atoms with Crippen molar-refractivity contribution in [1.82, 2.24) is 9.97 Å². The van der Waals surface area contributed by atoms with Crippen molar-refractivity contribution in [2.75, 3.05) is 24.1 Å². The molecule has 9 nitrogen and oxygen atoms in total. The minimum Gasteiger partial charge on any atom is -0.487 e. The molecule has 1 aromatic heterocycles. The predicted octanol–water partition coefficient (Wildman–Crippen LogP) is 7.34. The van der Waals surface area contributed by atoms with Gasteiger partial charge in [0, 0.05) is 18.7 Å². The molecule has 3 aromatic rings. The average Bonchev–Trinajstić information content (AvgIpc) is 2.82. The molecule has 0 bridgehead atoms. The van der Waals surface area contributed by atoms with Crippen molar-refractivity contribution in [3.8, 4) is 5.75 Å². The number of hydrogen-bond acceptors (Lipinski definition) is 8. The standard InChI is InChI=1S/C25H33ClFN5O4Si/c1-25(2,3)37(4,5)36-12-8-6-7-11-35-23-15-21-18(14-22(23)32(33)34)24(29-16-28-21)31-30-17-9-10-20(27)19(26)13-17/h9-10,13-16,30H,6-8,11-12H2,1-5H3,(H,28,29,31). The van der Waals surface area contributed by atoms with Gasteiger partial charge >= 0.3 is 5.69 Å². The summed E-state index contributed by atoms with van der Waals surface area (Å²) in [4.78, 5) is 19.7. The zero-order valence-electron chi connectivity index (χ0n) is 21.7. The first-order chi connectivity index (χ1) is 17.4. The molecule has 0 saturated heterocycles. The molecule has 37 heavy (non-hydrogen) atoms. The largest absolute Gasteiger partial charge is 0.487 e. The van der Waals surface area contributed by atoms with Crippen molar-refractivity contribution in [2.45, 2.75) is 58.2 Å². The molecule has 0 unspecified atom stereocenters. The maximum atomic E-state index is 13.4. The highest BCUT2D eigenvalue weighted by Gasteiger charge is 2.36. The molecule has 0 aliphatic heterocycles. The fourth-order valence-corrected chi connectivity index (χ4v) is 4.51. The molecule has 0 atom stereocenters. The number of ether oxygens (including phenoxy) is 1. The molecule has 2 N–H and O–H groups in total. The lowest BCUT2D eigenvalue weighted by atomic mass is 10.2. The van der Waals surface area contributed by atoms with E-state index in [0.29, 0.717) is 35.6 Å². The molecular weight excluding hydrogens is 517 g/mol. The Balaban J connectivity index is 1.62. The van der Waals surface area contributed by atoms with Crippen LogP contribution < -0.4 is 15.6 Å². The van der Waals surface area contributed by atoms with E-state index in [0.717, 1.165) is 19.3 Å². The van der Waals surface area contributed by atoms with E-state index in [2.05, 4.69) is 54.7 Å². The van der Waals surface area contributed by atoms with Crippen molar-refractivity contribution in [3.05, 3.63) is 57.6 Å². The van der Waals surface area contributed by atoms with Crippen molar-refractivity contribution >= 4 is 48.0 Å². The molecule has 0 aliphatic carbocycles. The van der Waals surface area contributed by atoms with E-state index in [4.69, 9.17) is 20.8 Å². The van der Waals surface area contributed by atoms with Crippen LogP contribution >= 0.6 is 11.6 Å². The normalized spacial score (nSPS) is 12.0. The Kier molecular flexibility index (Phi) is 9.27. The van der Waals surface area contributed by atoms with Gasteiger partial charge < -0.3 is 9.16 Å². The minimum absolute atomic E-state index is 0.0418. The van der Waals surface area contributed by atoms with E-state index in [1.807, 2.05) is 0 Å². The van der Waals surface area contributed by atoms with Crippen molar-refractivity contribution in [2.24, 2.45) is 0 Å². The van der Waals surface area contributed by atoms with Gasteiger partial charge in [-0.25, -0.2) is 14.4 Å². The average molecular weight is 550 g/mol. The first-order valence-electron chi connectivity index (χ1n) is 12.1. The maximum Gasteiger partial charge on any atom is 0.311 e. The van der Waals surface area contributed by atoms with Gasteiger partial charge in [0.25, 0.3) is 0 Å². The summed E-state index contributed by atoms with van der Waals surface area (Å²) in [6.45, 7) is 12.2. The number of rotatable bonds is 12. The van der Waals surface area contributed by atoms with Crippen molar-refractivity contribution in [3.63, 3.8) is 0 Å². The van der Waals surface area contributed by atoms with Crippen LogP contribution in [0.25, 0.3) is 10.9 Å². The van der Waals surface area contributed by atoms with Gasteiger partial charge in [0.2, 0.25) is 0 Å². The third-order valence-corrected chi connectivity index (χ3v) is 11.3. The number of hydrazine groups is 1. The fraction of sp³-hybridized carbons (Fsp3) is 0.440. The molecule has 200 valence electrons. The van der Waals surface area contributed by atoms with Gasteiger partial charge in [0.05, 0.1) is 33.1 Å². The second kappa shape index (κ2) is 12.0. The van der Waals surface area contributed by atoms with Crippen LogP contribution in [0.5, 0.6) is 5.75 Å².